The molecule has 0 aliphatic heterocycles. The summed E-state index contributed by atoms with van der Waals surface area (Å²) in [5.74, 6) is -0.802. The lowest BCUT2D eigenvalue weighted by molar-refractivity contribution is -0.385. The number of nitro groups is 2. The number of nitro benzene ring substituents is 2. The van der Waals surface area contributed by atoms with E-state index in [1.807, 2.05) is 0 Å². The van der Waals surface area contributed by atoms with E-state index >= 15 is 0 Å². The largest absolute Gasteiger partial charge is 0.326 e. The minimum absolute atomic E-state index is 0.0322. The van der Waals surface area contributed by atoms with Crippen LogP contribution in [0.15, 0.2) is 36.4 Å². The van der Waals surface area contributed by atoms with Gasteiger partial charge < -0.3 is 10.6 Å². The normalized spacial score (nSPS) is 17.9. The molecule has 10 nitrogen and oxygen atoms in total. The van der Waals surface area contributed by atoms with E-state index in [1.165, 1.54) is 36.4 Å². The standard InChI is InChI=1S/C22H24N4O6/c1-13-11-17(25(29)30)7-9-19(13)23-21(27)15-3-5-16(6-4-15)22(28)24-20-10-8-18(26(31)32)12-14(20)2/h7-12,15-16H,3-6H2,1-2H3,(H,23,27)(H,24,28). The van der Waals surface area contributed by atoms with E-state index in [1.54, 1.807) is 13.8 Å². The summed E-state index contributed by atoms with van der Waals surface area (Å²) in [4.78, 5) is 46.0. The highest BCUT2D eigenvalue weighted by Gasteiger charge is 2.30. The first kappa shape index (κ1) is 22.9. The maximum absolute atomic E-state index is 12.6. The van der Waals surface area contributed by atoms with Gasteiger partial charge >= 0.3 is 0 Å². The summed E-state index contributed by atoms with van der Waals surface area (Å²) in [6.07, 6.45) is 2.20. The Kier molecular flexibility index (Phi) is 6.82. The SMILES string of the molecule is Cc1cc([N+](=O)[O-])ccc1NC(=O)C1CCC(C(=O)Nc2ccc([N+](=O)[O-])cc2C)CC1. The van der Waals surface area contributed by atoms with Crippen LogP contribution in [-0.2, 0) is 9.59 Å². The van der Waals surface area contributed by atoms with Gasteiger partial charge in [0.25, 0.3) is 11.4 Å². The third kappa shape index (κ3) is 5.26. The molecule has 2 amide bonds. The summed E-state index contributed by atoms with van der Waals surface area (Å²) >= 11 is 0. The Hall–Kier alpha value is -3.82. The van der Waals surface area contributed by atoms with Crippen molar-refractivity contribution in [3.8, 4) is 0 Å². The molecule has 1 fully saturated rings. The summed E-state index contributed by atoms with van der Waals surface area (Å²) in [6, 6.07) is 8.58. The van der Waals surface area contributed by atoms with Crippen LogP contribution in [0.3, 0.4) is 0 Å². The first-order valence-corrected chi connectivity index (χ1v) is 10.3. The molecule has 0 bridgehead atoms. The van der Waals surface area contributed by atoms with E-state index in [9.17, 15) is 29.8 Å². The zero-order valence-electron chi connectivity index (χ0n) is 17.8. The molecular formula is C22H24N4O6. The number of nitrogens with one attached hydrogen (secondary N) is 2. The van der Waals surface area contributed by atoms with Gasteiger partial charge in [0, 0.05) is 47.5 Å². The van der Waals surface area contributed by atoms with Gasteiger partial charge in [-0.15, -0.1) is 0 Å². The number of hydrogen-bond acceptors (Lipinski definition) is 6. The van der Waals surface area contributed by atoms with Crippen LogP contribution in [0.1, 0.15) is 36.8 Å². The number of anilines is 2. The molecule has 1 aliphatic rings. The molecule has 0 radical (unpaired) electrons. The van der Waals surface area contributed by atoms with Crippen LogP contribution < -0.4 is 10.6 Å². The third-order valence-electron chi connectivity index (χ3n) is 5.83. The Bertz CT molecular complexity index is 991. The van der Waals surface area contributed by atoms with Crippen LogP contribution in [-0.4, -0.2) is 21.7 Å². The molecule has 0 atom stereocenters. The number of carbonyl (C=O) groups is 2. The molecule has 10 heteroatoms. The van der Waals surface area contributed by atoms with Crippen LogP contribution in [0.25, 0.3) is 0 Å². The summed E-state index contributed by atoms with van der Waals surface area (Å²) in [5.41, 5.74) is 2.23. The highest BCUT2D eigenvalue weighted by Crippen LogP contribution is 2.32. The molecule has 0 heterocycles. The molecule has 1 aliphatic carbocycles. The maximum atomic E-state index is 12.6. The van der Waals surface area contributed by atoms with Gasteiger partial charge in [0.2, 0.25) is 11.8 Å². The van der Waals surface area contributed by atoms with Crippen molar-refractivity contribution in [1.82, 2.24) is 0 Å². The number of hydrogen-bond donors (Lipinski definition) is 2. The van der Waals surface area contributed by atoms with E-state index < -0.39 is 9.85 Å². The lowest BCUT2D eigenvalue weighted by Crippen LogP contribution is -2.32. The monoisotopic (exact) mass is 440 g/mol. The number of aryl methyl sites for hydroxylation is 2. The number of carbonyl (C=O) groups excluding carboxylic acids is 2. The molecule has 0 unspecified atom stereocenters. The maximum Gasteiger partial charge on any atom is 0.269 e. The van der Waals surface area contributed by atoms with E-state index in [4.69, 9.17) is 0 Å². The fourth-order valence-electron chi connectivity index (χ4n) is 3.89. The predicted octanol–water partition coefficient (Wildman–Crippen LogP) is 4.50. The van der Waals surface area contributed by atoms with Crippen molar-refractivity contribution in [2.75, 3.05) is 10.6 Å². The molecule has 0 saturated heterocycles. The minimum atomic E-state index is -0.483. The van der Waals surface area contributed by atoms with Gasteiger partial charge in [-0.3, -0.25) is 29.8 Å². The van der Waals surface area contributed by atoms with Crippen molar-refractivity contribution in [2.24, 2.45) is 11.8 Å². The van der Waals surface area contributed by atoms with Crippen LogP contribution >= 0.6 is 0 Å². The average Bonchev–Trinajstić information content (AvgIpc) is 2.76. The van der Waals surface area contributed by atoms with Crippen molar-refractivity contribution in [1.29, 1.82) is 0 Å². The fraction of sp³-hybridized carbons (Fsp3) is 0.364. The van der Waals surface area contributed by atoms with Crippen molar-refractivity contribution in [3.05, 3.63) is 67.8 Å². The minimum Gasteiger partial charge on any atom is -0.326 e. The molecule has 1 saturated carbocycles. The smallest absolute Gasteiger partial charge is 0.269 e. The summed E-state index contributed by atoms with van der Waals surface area (Å²) in [7, 11) is 0. The van der Waals surface area contributed by atoms with E-state index in [0.29, 0.717) is 48.2 Å². The molecule has 0 aromatic heterocycles. The number of rotatable bonds is 6. The third-order valence-corrected chi connectivity index (χ3v) is 5.83. The van der Waals surface area contributed by atoms with Crippen molar-refractivity contribution in [3.63, 3.8) is 0 Å². The Labute approximate surface area is 184 Å². The second kappa shape index (κ2) is 9.54. The predicted molar refractivity (Wildman–Crippen MR) is 118 cm³/mol. The Morgan fingerprint density at radius 3 is 1.38 bits per heavy atom. The average molecular weight is 440 g/mol. The Balaban J connectivity index is 1.54. The summed E-state index contributed by atoms with van der Waals surface area (Å²) in [5, 5.41) is 27.4. The zero-order chi connectivity index (χ0) is 23.4. The molecule has 3 rings (SSSR count). The molecule has 0 spiro atoms. The molecule has 2 aromatic rings. The zero-order valence-corrected chi connectivity index (χ0v) is 17.8. The Morgan fingerprint density at radius 1 is 0.750 bits per heavy atom. The topological polar surface area (TPSA) is 144 Å². The van der Waals surface area contributed by atoms with Gasteiger partial charge in [0.05, 0.1) is 9.85 Å². The Morgan fingerprint density at radius 2 is 1.09 bits per heavy atom. The van der Waals surface area contributed by atoms with E-state index in [0.717, 1.165) is 0 Å². The second-order valence-corrected chi connectivity index (χ2v) is 8.04. The van der Waals surface area contributed by atoms with E-state index in [-0.39, 0.29) is 35.0 Å². The molecular weight excluding hydrogens is 416 g/mol. The van der Waals surface area contributed by atoms with Crippen LogP contribution in [0.2, 0.25) is 0 Å². The van der Waals surface area contributed by atoms with Crippen LogP contribution in [0.4, 0.5) is 22.7 Å². The summed E-state index contributed by atoms with van der Waals surface area (Å²) in [6.45, 7) is 3.40. The highest BCUT2D eigenvalue weighted by molar-refractivity contribution is 5.95. The number of non-ortho nitro benzene ring substituents is 2. The molecule has 168 valence electrons. The summed E-state index contributed by atoms with van der Waals surface area (Å²) < 4.78 is 0. The molecule has 32 heavy (non-hydrogen) atoms. The fourth-order valence-corrected chi connectivity index (χ4v) is 3.89. The van der Waals surface area contributed by atoms with Crippen molar-refractivity contribution in [2.45, 2.75) is 39.5 Å². The second-order valence-electron chi connectivity index (χ2n) is 8.04. The van der Waals surface area contributed by atoms with Crippen molar-refractivity contribution >= 4 is 34.6 Å². The van der Waals surface area contributed by atoms with Gasteiger partial charge in [-0.2, -0.15) is 0 Å². The van der Waals surface area contributed by atoms with Crippen molar-refractivity contribution < 1.29 is 19.4 Å². The lowest BCUT2D eigenvalue weighted by Gasteiger charge is -2.27. The molecule has 2 aromatic carbocycles. The van der Waals surface area contributed by atoms with Gasteiger partial charge in [0.15, 0.2) is 0 Å². The lowest BCUT2D eigenvalue weighted by atomic mass is 9.81. The number of benzene rings is 2. The number of nitrogens with zero attached hydrogens (tertiary/aromatic N) is 2. The van der Waals surface area contributed by atoms with Gasteiger partial charge in [-0.1, -0.05) is 0 Å². The quantitative estimate of drug-likeness (QED) is 0.500. The molecule has 2 N–H and O–H groups in total. The van der Waals surface area contributed by atoms with E-state index in [2.05, 4.69) is 10.6 Å². The first-order valence-electron chi connectivity index (χ1n) is 10.3. The highest BCUT2D eigenvalue weighted by atomic mass is 16.6. The van der Waals surface area contributed by atoms with Gasteiger partial charge in [-0.25, -0.2) is 0 Å². The van der Waals surface area contributed by atoms with Crippen LogP contribution in [0, 0.1) is 45.9 Å². The first-order chi connectivity index (χ1) is 15.2. The number of amides is 2. The van der Waals surface area contributed by atoms with Gasteiger partial charge in [0.1, 0.15) is 0 Å². The van der Waals surface area contributed by atoms with Crippen LogP contribution in [0.5, 0.6) is 0 Å². The van der Waals surface area contributed by atoms with Gasteiger partial charge in [-0.05, 0) is 62.8 Å².